The van der Waals surface area contributed by atoms with Gasteiger partial charge in [0.1, 0.15) is 17.3 Å². The van der Waals surface area contributed by atoms with Gasteiger partial charge in [-0.2, -0.15) is 0 Å². The Morgan fingerprint density at radius 2 is 1.97 bits per heavy atom. The fraction of sp³-hybridized carbons (Fsp3) is 0.300. The quantitative estimate of drug-likeness (QED) is 0.466. The summed E-state index contributed by atoms with van der Waals surface area (Å²) >= 11 is 1.42. The smallest absolute Gasteiger partial charge is 0.344 e. The van der Waals surface area contributed by atoms with Crippen LogP contribution in [0.4, 0.5) is 0 Å². The van der Waals surface area contributed by atoms with Crippen molar-refractivity contribution in [1.82, 2.24) is 9.97 Å². The van der Waals surface area contributed by atoms with E-state index in [4.69, 9.17) is 14.2 Å². The summed E-state index contributed by atoms with van der Waals surface area (Å²) in [6, 6.07) is 4.68. The van der Waals surface area contributed by atoms with Crippen molar-refractivity contribution >= 4 is 33.3 Å². The second kappa shape index (κ2) is 8.44. The first-order valence-corrected chi connectivity index (χ1v) is 9.58. The number of methoxy groups -OCH3 is 1. The van der Waals surface area contributed by atoms with E-state index in [2.05, 4.69) is 9.97 Å². The van der Waals surface area contributed by atoms with Crippen LogP contribution in [0.1, 0.15) is 33.5 Å². The number of ether oxygens (including phenoxy) is 3. The Bertz CT molecular complexity index is 1150. The number of nitrogens with zero attached hydrogens (tertiary/aromatic N) is 1. The van der Waals surface area contributed by atoms with Gasteiger partial charge in [-0.15, -0.1) is 11.3 Å². The molecule has 2 heterocycles. The number of thiophene rings is 1. The van der Waals surface area contributed by atoms with E-state index >= 15 is 0 Å². The molecule has 2 aromatic heterocycles. The first-order chi connectivity index (χ1) is 13.8. The van der Waals surface area contributed by atoms with Gasteiger partial charge in [-0.05, 0) is 44.5 Å². The van der Waals surface area contributed by atoms with E-state index in [1.165, 1.54) is 31.4 Å². The van der Waals surface area contributed by atoms with Crippen molar-refractivity contribution in [2.24, 2.45) is 0 Å². The predicted molar refractivity (Wildman–Crippen MR) is 108 cm³/mol. The van der Waals surface area contributed by atoms with Crippen LogP contribution in [0.25, 0.3) is 10.2 Å². The lowest BCUT2D eigenvalue weighted by Gasteiger charge is -2.11. The van der Waals surface area contributed by atoms with Crippen molar-refractivity contribution in [3.63, 3.8) is 0 Å². The molecule has 152 valence electrons. The number of aromatic nitrogens is 2. The highest BCUT2D eigenvalue weighted by molar-refractivity contribution is 7.18. The lowest BCUT2D eigenvalue weighted by atomic mass is 10.1. The Morgan fingerprint density at radius 3 is 2.66 bits per heavy atom. The molecule has 0 aliphatic carbocycles. The molecule has 0 atom stereocenters. The molecule has 1 N–H and O–H groups in total. The summed E-state index contributed by atoms with van der Waals surface area (Å²) < 4.78 is 15.7. The molecule has 3 rings (SSSR count). The molecule has 0 aliphatic rings. The molecule has 0 fully saturated rings. The molecule has 0 amide bonds. The predicted octanol–water partition coefficient (Wildman–Crippen LogP) is 2.93. The molecule has 0 spiro atoms. The number of carbonyl (C=O) groups excluding carboxylic acids is 2. The lowest BCUT2D eigenvalue weighted by Crippen LogP contribution is -2.18. The average molecular weight is 416 g/mol. The third-order valence-corrected chi connectivity index (χ3v) is 5.47. The zero-order chi connectivity index (χ0) is 21.1. The molecule has 0 saturated heterocycles. The first-order valence-electron chi connectivity index (χ1n) is 8.76. The van der Waals surface area contributed by atoms with E-state index in [9.17, 15) is 14.4 Å². The van der Waals surface area contributed by atoms with Crippen LogP contribution in [0.15, 0.2) is 23.0 Å². The highest BCUT2D eigenvalue weighted by Gasteiger charge is 2.14. The van der Waals surface area contributed by atoms with Gasteiger partial charge in [0.15, 0.2) is 23.9 Å². The van der Waals surface area contributed by atoms with Crippen molar-refractivity contribution in [1.29, 1.82) is 0 Å². The largest absolute Gasteiger partial charge is 0.493 e. The summed E-state index contributed by atoms with van der Waals surface area (Å²) in [6.07, 6.45) is 0. The van der Waals surface area contributed by atoms with E-state index in [0.29, 0.717) is 27.3 Å². The fourth-order valence-corrected chi connectivity index (χ4v) is 3.75. The normalized spacial score (nSPS) is 10.8. The topological polar surface area (TPSA) is 108 Å². The molecule has 0 unspecified atom stereocenters. The number of aryl methyl sites for hydroxylation is 2. The minimum absolute atomic E-state index is 0.108. The number of ketones is 1. The Kier molecular flexibility index (Phi) is 5.97. The van der Waals surface area contributed by atoms with Gasteiger partial charge in [-0.1, -0.05) is 0 Å². The van der Waals surface area contributed by atoms with E-state index < -0.39 is 5.97 Å². The summed E-state index contributed by atoms with van der Waals surface area (Å²) in [5.74, 6) is 0.172. The van der Waals surface area contributed by atoms with E-state index in [-0.39, 0.29) is 30.4 Å². The van der Waals surface area contributed by atoms with Crippen LogP contribution < -0.4 is 15.0 Å². The summed E-state index contributed by atoms with van der Waals surface area (Å²) in [7, 11) is 1.44. The van der Waals surface area contributed by atoms with E-state index in [1.807, 2.05) is 13.8 Å². The van der Waals surface area contributed by atoms with Crippen molar-refractivity contribution in [3.8, 4) is 11.5 Å². The molecule has 3 aromatic rings. The Balaban J connectivity index is 1.63. The Labute approximate surface area is 170 Å². The number of aromatic amines is 1. The van der Waals surface area contributed by atoms with Gasteiger partial charge < -0.3 is 19.2 Å². The maximum atomic E-state index is 12.2. The monoisotopic (exact) mass is 416 g/mol. The maximum absolute atomic E-state index is 12.2. The minimum Gasteiger partial charge on any atom is -0.493 e. The number of H-pyrrole nitrogens is 1. The highest BCUT2D eigenvalue weighted by Crippen LogP contribution is 2.28. The molecule has 0 aliphatic heterocycles. The number of Topliss-reactive ketones (excluding diaryl/α,β-unsaturated/α-hetero) is 1. The van der Waals surface area contributed by atoms with E-state index in [0.717, 1.165) is 10.4 Å². The van der Waals surface area contributed by atoms with Crippen LogP contribution in [-0.4, -0.2) is 35.4 Å². The van der Waals surface area contributed by atoms with Crippen LogP contribution in [0.2, 0.25) is 0 Å². The van der Waals surface area contributed by atoms with Gasteiger partial charge in [-0.3, -0.25) is 9.59 Å². The number of carbonyl (C=O) groups is 2. The van der Waals surface area contributed by atoms with Crippen molar-refractivity contribution in [2.45, 2.75) is 27.4 Å². The van der Waals surface area contributed by atoms with Gasteiger partial charge >= 0.3 is 5.97 Å². The second-order valence-electron chi connectivity index (χ2n) is 6.35. The lowest BCUT2D eigenvalue weighted by molar-refractivity contribution is -0.147. The van der Waals surface area contributed by atoms with Crippen LogP contribution in [0.3, 0.4) is 0 Å². The molecule has 1 aromatic carbocycles. The Morgan fingerprint density at radius 1 is 1.21 bits per heavy atom. The van der Waals surface area contributed by atoms with Gasteiger partial charge in [0, 0.05) is 10.4 Å². The van der Waals surface area contributed by atoms with Crippen LogP contribution in [0.5, 0.6) is 11.5 Å². The number of esters is 1. The summed E-state index contributed by atoms with van der Waals surface area (Å²) in [5, 5.41) is 0.562. The number of hydrogen-bond acceptors (Lipinski definition) is 8. The van der Waals surface area contributed by atoms with Crippen LogP contribution in [-0.2, 0) is 16.1 Å². The SMILES string of the molecule is COc1cc(C(C)=O)ccc1OCC(=O)OCc1nc2sc(C)c(C)c2c(=O)[nH]1. The molecule has 8 nitrogen and oxygen atoms in total. The first kappa shape index (κ1) is 20.5. The Hall–Kier alpha value is -3.20. The fourth-order valence-electron chi connectivity index (χ4n) is 2.70. The third-order valence-electron chi connectivity index (χ3n) is 4.37. The molecule has 9 heteroatoms. The second-order valence-corrected chi connectivity index (χ2v) is 7.55. The maximum Gasteiger partial charge on any atom is 0.344 e. The van der Waals surface area contributed by atoms with Gasteiger partial charge in [-0.25, -0.2) is 9.78 Å². The zero-order valence-electron chi connectivity index (χ0n) is 16.5. The number of fused-ring (bicyclic) bond motifs is 1. The molecule has 0 saturated carbocycles. The van der Waals surface area contributed by atoms with Crippen molar-refractivity contribution in [2.75, 3.05) is 13.7 Å². The summed E-state index contributed by atoms with van der Waals surface area (Å²) in [6.45, 7) is 4.71. The van der Waals surface area contributed by atoms with Gasteiger partial charge in [0.25, 0.3) is 5.56 Å². The van der Waals surface area contributed by atoms with E-state index in [1.54, 1.807) is 12.1 Å². The molecular weight excluding hydrogens is 396 g/mol. The van der Waals surface area contributed by atoms with Crippen molar-refractivity contribution in [3.05, 3.63) is 50.4 Å². The highest BCUT2D eigenvalue weighted by atomic mass is 32.1. The number of rotatable bonds is 7. The zero-order valence-corrected chi connectivity index (χ0v) is 17.3. The number of nitrogens with one attached hydrogen (secondary N) is 1. The van der Waals surface area contributed by atoms with Crippen LogP contribution in [0, 0.1) is 13.8 Å². The molecule has 29 heavy (non-hydrogen) atoms. The minimum atomic E-state index is -0.635. The van der Waals surface area contributed by atoms with Gasteiger partial charge in [0.05, 0.1) is 12.5 Å². The summed E-state index contributed by atoms with van der Waals surface area (Å²) in [4.78, 5) is 44.3. The third kappa shape index (κ3) is 4.45. The average Bonchev–Trinajstić information content (AvgIpc) is 2.98. The van der Waals surface area contributed by atoms with Crippen LogP contribution >= 0.6 is 11.3 Å². The number of hydrogen-bond donors (Lipinski definition) is 1. The number of benzene rings is 1. The summed E-state index contributed by atoms with van der Waals surface area (Å²) in [5.41, 5.74) is 1.12. The van der Waals surface area contributed by atoms with Gasteiger partial charge in [0.2, 0.25) is 0 Å². The standard InChI is InChI=1S/C20H20N2O6S/c1-10-12(3)29-20-18(10)19(25)21-16(22-20)8-28-17(24)9-27-14-6-5-13(11(2)23)7-15(14)26-4/h5-7H,8-9H2,1-4H3,(H,21,22,25). The van der Waals surface area contributed by atoms with Crippen molar-refractivity contribution < 1.29 is 23.8 Å². The molecular formula is C20H20N2O6S. The molecule has 0 bridgehead atoms. The molecule has 0 radical (unpaired) electrons.